The molecule has 5 heterocycles. The van der Waals surface area contributed by atoms with Crippen LogP contribution in [0, 0.1) is 11.8 Å². The third kappa shape index (κ3) is 6.98. The minimum absolute atomic E-state index is 0.0788. The van der Waals surface area contributed by atoms with Crippen LogP contribution in [0.15, 0.2) is 65.4 Å². The number of likely N-dealkylation sites (tertiary alicyclic amines) is 1. The Morgan fingerprint density at radius 1 is 1.22 bits per heavy atom. The molecule has 0 spiro atoms. The van der Waals surface area contributed by atoms with Crippen LogP contribution in [0.3, 0.4) is 0 Å². The van der Waals surface area contributed by atoms with Crippen LogP contribution in [-0.4, -0.2) is 89.2 Å². The van der Waals surface area contributed by atoms with Crippen molar-refractivity contribution in [3.63, 3.8) is 0 Å². The molecule has 2 aromatic rings. The van der Waals surface area contributed by atoms with Crippen molar-refractivity contribution in [2.45, 2.75) is 65.0 Å². The summed E-state index contributed by atoms with van der Waals surface area (Å²) >= 11 is 1.66. The van der Waals surface area contributed by atoms with Crippen molar-refractivity contribution < 1.29 is 9.59 Å². The van der Waals surface area contributed by atoms with Crippen LogP contribution in [0.2, 0.25) is 0 Å². The van der Waals surface area contributed by atoms with Gasteiger partial charge in [-0.2, -0.15) is 5.10 Å². The molecule has 1 N–H and O–H groups in total. The number of piperidine rings is 1. The first kappa shape index (κ1) is 32.2. The van der Waals surface area contributed by atoms with E-state index in [4.69, 9.17) is 4.98 Å². The first-order valence-electron chi connectivity index (χ1n) is 16.8. The van der Waals surface area contributed by atoms with E-state index in [-0.39, 0.29) is 29.8 Å². The lowest BCUT2D eigenvalue weighted by atomic mass is 9.97. The highest BCUT2D eigenvalue weighted by atomic mass is 32.1. The molecule has 5 atom stereocenters. The van der Waals surface area contributed by atoms with Gasteiger partial charge in [-0.25, -0.2) is 9.99 Å². The molecule has 46 heavy (non-hydrogen) atoms. The summed E-state index contributed by atoms with van der Waals surface area (Å²) < 4.78 is 0. The van der Waals surface area contributed by atoms with Gasteiger partial charge in [-0.05, 0) is 93.3 Å². The molecule has 3 aliphatic heterocycles. The van der Waals surface area contributed by atoms with Gasteiger partial charge in [-0.1, -0.05) is 32.6 Å². The molecule has 6 rings (SSSR count). The topological polar surface area (TPSA) is 84.4 Å². The fourth-order valence-corrected chi connectivity index (χ4v) is 7.55. The summed E-state index contributed by atoms with van der Waals surface area (Å²) in [6.45, 7) is 17.6. The standard InChI is InChI=1S/C36H47N7O2S/c1-6-40(7-2)26(5)21-37-35(44)28-19-31(27-10-13-38-43(25(4)17-27)15-11-24(3)33-9-8-16-46-33)39-34(20-28)42-14-12-32(42)36(45)41-22-29-18-30(29)23-41/h8-9,11,13,15-17,19-20,26-27,29-30,32H,3,6-7,10,12,14,18,21-23H2,1-2,4-5H3,(H,37,44)/b15-11-/t26?,27?,29?,30?,32-/m0/s1. The first-order chi connectivity index (χ1) is 22.2. The Bertz CT molecular complexity index is 1520. The molecule has 0 bridgehead atoms. The second-order valence-corrected chi connectivity index (χ2v) is 14.0. The quantitative estimate of drug-likeness (QED) is 0.306. The summed E-state index contributed by atoms with van der Waals surface area (Å²) in [5.74, 6) is 2.10. The van der Waals surface area contributed by atoms with Gasteiger partial charge in [-0.3, -0.25) is 14.5 Å². The molecule has 9 nitrogen and oxygen atoms in total. The Morgan fingerprint density at radius 3 is 2.67 bits per heavy atom. The van der Waals surface area contributed by atoms with Crippen LogP contribution in [0.1, 0.15) is 73.8 Å². The molecule has 2 aromatic heterocycles. The maximum Gasteiger partial charge on any atom is 0.251 e. The second kappa shape index (κ2) is 13.9. The molecule has 4 aliphatic rings. The minimum Gasteiger partial charge on any atom is -0.350 e. The molecule has 0 aromatic carbocycles. The number of nitrogens with zero attached hydrogens (tertiary/aromatic N) is 6. The van der Waals surface area contributed by atoms with Crippen molar-refractivity contribution in [3.8, 4) is 0 Å². The van der Waals surface area contributed by atoms with Crippen LogP contribution in [0.4, 0.5) is 5.82 Å². The predicted octanol–water partition coefficient (Wildman–Crippen LogP) is 5.57. The van der Waals surface area contributed by atoms with Crippen molar-refractivity contribution in [1.82, 2.24) is 25.1 Å². The van der Waals surface area contributed by atoms with E-state index in [2.05, 4.69) is 59.7 Å². The number of anilines is 1. The van der Waals surface area contributed by atoms with Gasteiger partial charge in [0.25, 0.3) is 5.91 Å². The number of rotatable bonds is 12. The SMILES string of the molecule is C=C(/C=C\N1N=CCC(c2cc(C(=O)NCC(C)N(CC)CC)cc(N3CC[C@H]3C(=O)N3CC4CC4C3)n2)C=C1C)c1cccs1. The number of hydrogen-bond acceptors (Lipinski definition) is 8. The molecule has 0 radical (unpaired) electrons. The summed E-state index contributed by atoms with van der Waals surface area (Å²) in [4.78, 5) is 39.9. The molecular formula is C36H47N7O2S. The molecule has 244 valence electrons. The lowest BCUT2D eigenvalue weighted by Gasteiger charge is -2.43. The Morgan fingerprint density at radius 2 is 2.00 bits per heavy atom. The van der Waals surface area contributed by atoms with Gasteiger partial charge in [0.2, 0.25) is 5.91 Å². The monoisotopic (exact) mass is 641 g/mol. The minimum atomic E-state index is -0.219. The molecule has 1 saturated carbocycles. The smallest absolute Gasteiger partial charge is 0.251 e. The number of nitrogens with one attached hydrogen (secondary N) is 1. The van der Waals surface area contributed by atoms with Crippen LogP contribution in [-0.2, 0) is 4.79 Å². The number of likely N-dealkylation sites (N-methyl/N-ethyl adjacent to an activating group) is 1. The lowest BCUT2D eigenvalue weighted by molar-refractivity contribution is -0.133. The second-order valence-electron chi connectivity index (χ2n) is 13.0. The highest BCUT2D eigenvalue weighted by Gasteiger charge is 2.49. The van der Waals surface area contributed by atoms with E-state index in [1.54, 1.807) is 11.3 Å². The van der Waals surface area contributed by atoms with Gasteiger partial charge in [0, 0.05) is 66.7 Å². The highest BCUT2D eigenvalue weighted by molar-refractivity contribution is 7.11. The van der Waals surface area contributed by atoms with Gasteiger partial charge in [0.05, 0.1) is 5.69 Å². The number of amides is 2. The predicted molar refractivity (Wildman–Crippen MR) is 187 cm³/mol. The maximum atomic E-state index is 13.6. The van der Waals surface area contributed by atoms with Gasteiger partial charge in [0.15, 0.2) is 0 Å². The fourth-order valence-electron chi connectivity index (χ4n) is 6.87. The Labute approximate surface area is 277 Å². The highest BCUT2D eigenvalue weighted by Crippen LogP contribution is 2.45. The number of pyridine rings is 1. The number of allylic oxidation sites excluding steroid dienone is 4. The molecule has 2 amide bonds. The van der Waals surface area contributed by atoms with E-state index >= 15 is 0 Å². The number of carbonyl (C=O) groups is 2. The zero-order valence-electron chi connectivity index (χ0n) is 27.6. The zero-order valence-corrected chi connectivity index (χ0v) is 28.4. The third-order valence-corrected chi connectivity index (χ3v) is 10.9. The molecule has 10 heteroatoms. The van der Waals surface area contributed by atoms with Gasteiger partial charge in [0.1, 0.15) is 11.9 Å². The number of fused-ring (bicyclic) bond motifs is 1. The van der Waals surface area contributed by atoms with Crippen molar-refractivity contribution in [2.75, 3.05) is 44.2 Å². The summed E-state index contributed by atoms with van der Waals surface area (Å²) in [5, 5.41) is 11.8. The molecule has 1 aliphatic carbocycles. The zero-order chi connectivity index (χ0) is 32.4. The van der Waals surface area contributed by atoms with Crippen LogP contribution in [0.25, 0.3) is 5.57 Å². The average molecular weight is 642 g/mol. The number of thiophene rings is 1. The first-order valence-corrected chi connectivity index (χ1v) is 17.6. The van der Waals surface area contributed by atoms with Crippen molar-refractivity contribution in [2.24, 2.45) is 16.9 Å². The van der Waals surface area contributed by atoms with Crippen molar-refractivity contribution >= 4 is 40.8 Å². The van der Waals surface area contributed by atoms with E-state index in [1.807, 2.05) is 58.9 Å². The van der Waals surface area contributed by atoms with Crippen LogP contribution >= 0.6 is 11.3 Å². The summed E-state index contributed by atoms with van der Waals surface area (Å²) in [6, 6.07) is 7.87. The third-order valence-electron chi connectivity index (χ3n) is 9.98. The molecule has 3 fully saturated rings. The van der Waals surface area contributed by atoms with E-state index in [9.17, 15) is 9.59 Å². The molecular weight excluding hydrogens is 595 g/mol. The number of carbonyl (C=O) groups excluding carboxylic acids is 2. The average Bonchev–Trinajstić information content (AvgIpc) is 3.39. The summed E-state index contributed by atoms with van der Waals surface area (Å²) in [5.41, 5.74) is 3.27. The van der Waals surface area contributed by atoms with Gasteiger partial charge < -0.3 is 15.1 Å². The normalized spacial score (nSPS) is 24.5. The number of hydrogen-bond donors (Lipinski definition) is 1. The Kier molecular flexibility index (Phi) is 9.75. The van der Waals surface area contributed by atoms with E-state index in [0.29, 0.717) is 36.2 Å². The molecule has 4 unspecified atom stereocenters. The fraction of sp³-hybridized carbons (Fsp3) is 0.500. The maximum absolute atomic E-state index is 13.6. The van der Waals surface area contributed by atoms with Crippen molar-refractivity contribution in [3.05, 3.63) is 76.4 Å². The van der Waals surface area contributed by atoms with Crippen LogP contribution < -0.4 is 10.2 Å². The lowest BCUT2D eigenvalue weighted by Crippen LogP contribution is -2.57. The van der Waals surface area contributed by atoms with E-state index < -0.39 is 0 Å². The van der Waals surface area contributed by atoms with E-state index in [1.165, 1.54) is 6.42 Å². The Balaban J connectivity index is 1.24. The Hall–Kier alpha value is -3.76. The molecule has 2 saturated heterocycles. The van der Waals surface area contributed by atoms with Gasteiger partial charge >= 0.3 is 0 Å². The number of hydrazone groups is 1. The summed E-state index contributed by atoms with van der Waals surface area (Å²) in [6.07, 6.45) is 10.7. The number of aromatic nitrogens is 1. The largest absolute Gasteiger partial charge is 0.350 e. The summed E-state index contributed by atoms with van der Waals surface area (Å²) in [7, 11) is 0. The van der Waals surface area contributed by atoms with Crippen molar-refractivity contribution in [1.29, 1.82) is 0 Å². The van der Waals surface area contributed by atoms with Gasteiger partial charge in [-0.15, -0.1) is 11.3 Å². The van der Waals surface area contributed by atoms with Crippen LogP contribution in [0.5, 0.6) is 0 Å². The van der Waals surface area contributed by atoms with E-state index in [0.717, 1.165) is 61.0 Å².